The van der Waals surface area contributed by atoms with E-state index in [-0.39, 0.29) is 0 Å². The van der Waals surface area contributed by atoms with Gasteiger partial charge in [-0.05, 0) is 12.1 Å². The van der Waals surface area contributed by atoms with Crippen LogP contribution in [0, 0.1) is 0 Å². The van der Waals surface area contributed by atoms with Crippen LogP contribution in [0.4, 0.5) is 0 Å². The first kappa shape index (κ1) is 11.9. The highest BCUT2D eigenvalue weighted by Crippen LogP contribution is 2.19. The average Bonchev–Trinajstić information content (AvgIpc) is 2.26. The summed E-state index contributed by atoms with van der Waals surface area (Å²) in [5, 5.41) is 0.343. The maximum absolute atomic E-state index is 11.6. The van der Waals surface area contributed by atoms with Crippen molar-refractivity contribution in [1.82, 2.24) is 4.72 Å². The summed E-state index contributed by atoms with van der Waals surface area (Å²) >= 11 is 5.83. The molecule has 0 saturated carbocycles. The van der Waals surface area contributed by atoms with E-state index in [0.717, 1.165) is 0 Å². The summed E-state index contributed by atoms with van der Waals surface area (Å²) < 4.78 is 14.1. The van der Waals surface area contributed by atoms with Crippen molar-refractivity contribution in [3.8, 4) is 0 Å². The van der Waals surface area contributed by atoms with Crippen molar-refractivity contribution < 1.29 is 9.00 Å². The third-order valence-corrected chi connectivity index (χ3v) is 3.08. The number of aliphatic imine (C=N–C) groups is 1. The molecule has 0 heterocycles. The third kappa shape index (κ3) is 3.14. The van der Waals surface area contributed by atoms with Crippen LogP contribution >= 0.6 is 11.6 Å². The Balaban J connectivity index is 3.01. The largest absolute Gasteiger partial charge is 0.298 e. The molecular formula is C9H9ClN2O2S. The van der Waals surface area contributed by atoms with Gasteiger partial charge >= 0.3 is 0 Å². The molecule has 0 radical (unpaired) electrons. The van der Waals surface area contributed by atoms with Crippen molar-refractivity contribution in [2.45, 2.75) is 4.90 Å². The van der Waals surface area contributed by atoms with Gasteiger partial charge in [0.25, 0.3) is 0 Å². The van der Waals surface area contributed by atoms with Gasteiger partial charge in [0, 0.05) is 12.6 Å². The van der Waals surface area contributed by atoms with E-state index in [1.165, 1.54) is 18.5 Å². The van der Waals surface area contributed by atoms with E-state index in [4.69, 9.17) is 11.6 Å². The Kier molecular flexibility index (Phi) is 4.45. The van der Waals surface area contributed by atoms with Gasteiger partial charge < -0.3 is 0 Å². The Morgan fingerprint density at radius 2 is 2.27 bits per heavy atom. The van der Waals surface area contributed by atoms with Gasteiger partial charge in [0.1, 0.15) is 6.29 Å². The molecule has 0 aliphatic heterocycles. The van der Waals surface area contributed by atoms with Gasteiger partial charge in [-0.1, -0.05) is 17.7 Å². The standard InChI is InChI=1S/C9H9ClN2O2S/c1-11-6-12-15(14)9-4-7(5-13)2-3-8(9)10/h2-6H,1H3,(H,11,12). The lowest BCUT2D eigenvalue weighted by atomic mass is 10.2. The van der Waals surface area contributed by atoms with E-state index in [2.05, 4.69) is 9.71 Å². The third-order valence-electron chi connectivity index (χ3n) is 1.58. The van der Waals surface area contributed by atoms with E-state index >= 15 is 0 Å². The van der Waals surface area contributed by atoms with Crippen molar-refractivity contribution in [3.63, 3.8) is 0 Å². The molecule has 6 heteroatoms. The minimum Gasteiger partial charge on any atom is -0.298 e. The zero-order valence-corrected chi connectivity index (χ0v) is 9.51. The minimum atomic E-state index is -1.50. The maximum atomic E-state index is 11.6. The second-order valence-electron chi connectivity index (χ2n) is 2.58. The van der Waals surface area contributed by atoms with Crippen LogP contribution in [0.2, 0.25) is 5.02 Å². The molecule has 0 aliphatic carbocycles. The number of hydrogen-bond acceptors (Lipinski definition) is 3. The number of rotatable bonds is 4. The van der Waals surface area contributed by atoms with Crippen molar-refractivity contribution >= 4 is 35.2 Å². The van der Waals surface area contributed by atoms with E-state index < -0.39 is 11.0 Å². The molecule has 0 saturated heterocycles. The van der Waals surface area contributed by atoms with Crippen LogP contribution in [0.25, 0.3) is 0 Å². The summed E-state index contributed by atoms with van der Waals surface area (Å²) in [6, 6.07) is 4.56. The Labute approximate surface area is 94.9 Å². The SMILES string of the molecule is CN=CNS(=O)c1cc(C=O)ccc1Cl. The molecule has 0 fully saturated rings. The topological polar surface area (TPSA) is 58.5 Å². The van der Waals surface area contributed by atoms with Crippen LogP contribution in [0.15, 0.2) is 28.1 Å². The fourth-order valence-electron chi connectivity index (χ4n) is 0.899. The first-order chi connectivity index (χ1) is 7.19. The summed E-state index contributed by atoms with van der Waals surface area (Å²) in [5.74, 6) is 0. The predicted octanol–water partition coefficient (Wildman–Crippen LogP) is 1.42. The fourth-order valence-corrected chi connectivity index (χ4v) is 2.04. The number of aldehydes is 1. The summed E-state index contributed by atoms with van der Waals surface area (Å²) in [7, 11) is 0.0524. The monoisotopic (exact) mass is 244 g/mol. The fraction of sp³-hybridized carbons (Fsp3) is 0.111. The van der Waals surface area contributed by atoms with Crippen LogP contribution < -0.4 is 4.72 Å². The molecule has 0 bridgehead atoms. The molecular weight excluding hydrogens is 236 g/mol. The first-order valence-corrected chi connectivity index (χ1v) is 5.55. The second-order valence-corrected chi connectivity index (χ2v) is 4.20. The smallest absolute Gasteiger partial charge is 0.152 e. The van der Waals surface area contributed by atoms with E-state index in [0.29, 0.717) is 21.8 Å². The number of carbonyl (C=O) groups excluding carboxylic acids is 1. The van der Waals surface area contributed by atoms with E-state index in [9.17, 15) is 9.00 Å². The highest BCUT2D eigenvalue weighted by atomic mass is 35.5. The number of nitrogens with one attached hydrogen (secondary N) is 1. The number of nitrogens with zero attached hydrogens (tertiary/aromatic N) is 1. The number of carbonyl (C=O) groups is 1. The zero-order chi connectivity index (χ0) is 11.3. The van der Waals surface area contributed by atoms with Gasteiger partial charge in [0.2, 0.25) is 0 Å². The zero-order valence-electron chi connectivity index (χ0n) is 7.94. The lowest BCUT2D eigenvalue weighted by Crippen LogP contribution is -2.15. The quantitative estimate of drug-likeness (QED) is 0.495. The van der Waals surface area contributed by atoms with Gasteiger partial charge in [0.15, 0.2) is 11.0 Å². The Morgan fingerprint density at radius 1 is 1.53 bits per heavy atom. The second kappa shape index (κ2) is 5.63. The Morgan fingerprint density at radius 3 is 2.87 bits per heavy atom. The molecule has 1 unspecified atom stereocenters. The van der Waals surface area contributed by atoms with E-state index in [1.54, 1.807) is 13.1 Å². The Bertz CT molecular complexity index is 421. The molecule has 1 rings (SSSR count). The summed E-state index contributed by atoms with van der Waals surface area (Å²) in [5.41, 5.74) is 0.429. The highest BCUT2D eigenvalue weighted by Gasteiger charge is 2.08. The molecule has 80 valence electrons. The molecule has 0 aromatic heterocycles. The van der Waals surface area contributed by atoms with Crippen LogP contribution in [0.3, 0.4) is 0 Å². The molecule has 1 aromatic rings. The van der Waals surface area contributed by atoms with Crippen LogP contribution in [-0.2, 0) is 11.0 Å². The van der Waals surface area contributed by atoms with Crippen molar-refractivity contribution in [2.24, 2.45) is 4.99 Å². The van der Waals surface area contributed by atoms with Gasteiger partial charge in [0.05, 0.1) is 16.3 Å². The summed E-state index contributed by atoms with van der Waals surface area (Å²) in [4.78, 5) is 14.5. The normalized spacial score (nSPS) is 12.7. The number of halogens is 1. The predicted molar refractivity (Wildman–Crippen MR) is 60.8 cm³/mol. The average molecular weight is 245 g/mol. The highest BCUT2D eigenvalue weighted by molar-refractivity contribution is 7.83. The van der Waals surface area contributed by atoms with Gasteiger partial charge in [-0.15, -0.1) is 0 Å². The van der Waals surface area contributed by atoms with Crippen molar-refractivity contribution in [1.29, 1.82) is 0 Å². The lowest BCUT2D eigenvalue weighted by Gasteiger charge is -2.03. The maximum Gasteiger partial charge on any atom is 0.152 e. The first-order valence-electron chi connectivity index (χ1n) is 4.02. The molecule has 1 atom stereocenters. The van der Waals surface area contributed by atoms with Crippen LogP contribution in [0.1, 0.15) is 10.4 Å². The summed E-state index contributed by atoms with van der Waals surface area (Å²) in [6.45, 7) is 0. The van der Waals surface area contributed by atoms with Crippen molar-refractivity contribution in [3.05, 3.63) is 28.8 Å². The van der Waals surface area contributed by atoms with Gasteiger partial charge in [-0.2, -0.15) is 0 Å². The molecule has 0 amide bonds. The van der Waals surface area contributed by atoms with Crippen LogP contribution in [-0.4, -0.2) is 23.9 Å². The number of hydrogen-bond donors (Lipinski definition) is 1. The molecule has 0 aliphatic rings. The van der Waals surface area contributed by atoms with Gasteiger partial charge in [-0.3, -0.25) is 14.5 Å². The lowest BCUT2D eigenvalue weighted by molar-refractivity contribution is 0.112. The molecule has 15 heavy (non-hydrogen) atoms. The molecule has 4 nitrogen and oxygen atoms in total. The Hall–Kier alpha value is -1.20. The summed E-state index contributed by atoms with van der Waals surface area (Å²) in [6.07, 6.45) is 1.98. The van der Waals surface area contributed by atoms with Gasteiger partial charge in [-0.25, -0.2) is 4.21 Å². The number of benzene rings is 1. The molecule has 1 aromatic carbocycles. The van der Waals surface area contributed by atoms with Crippen molar-refractivity contribution in [2.75, 3.05) is 7.05 Å². The molecule has 0 spiro atoms. The molecule has 1 N–H and O–H groups in total. The minimum absolute atomic E-state index is 0.343. The van der Waals surface area contributed by atoms with Crippen LogP contribution in [0.5, 0.6) is 0 Å². The van der Waals surface area contributed by atoms with E-state index in [1.807, 2.05) is 0 Å².